The number of Topliss-reactive ketones (excluding diaryl/α,β-unsaturated/α-hetero) is 1. The number of hydrogen-bond donors (Lipinski definition) is 0. The molecule has 20 heavy (non-hydrogen) atoms. The van der Waals surface area contributed by atoms with E-state index in [1.807, 2.05) is 30.5 Å². The third-order valence-corrected chi connectivity index (χ3v) is 4.96. The van der Waals surface area contributed by atoms with Gasteiger partial charge < -0.3 is 0 Å². The molecule has 2 atom stereocenters. The van der Waals surface area contributed by atoms with E-state index in [9.17, 15) is 4.79 Å². The lowest BCUT2D eigenvalue weighted by Gasteiger charge is -2.42. The number of thioether (sulfide) groups is 1. The lowest BCUT2D eigenvalue weighted by molar-refractivity contribution is 0.0549. The van der Waals surface area contributed by atoms with Crippen LogP contribution in [0.5, 0.6) is 0 Å². The van der Waals surface area contributed by atoms with Crippen LogP contribution in [0.25, 0.3) is 0 Å². The summed E-state index contributed by atoms with van der Waals surface area (Å²) in [5.74, 6) is 0.224. The molecule has 1 aromatic rings. The van der Waals surface area contributed by atoms with E-state index < -0.39 is 0 Å². The van der Waals surface area contributed by atoms with Crippen LogP contribution in [0.3, 0.4) is 0 Å². The largest absolute Gasteiger partial charge is 0.298 e. The molecule has 0 aliphatic carbocycles. The third-order valence-electron chi connectivity index (χ3n) is 4.21. The number of rotatable bonds is 4. The summed E-state index contributed by atoms with van der Waals surface area (Å²) in [5.41, 5.74) is 0.821. The van der Waals surface area contributed by atoms with E-state index in [2.05, 4.69) is 30.7 Å². The topological polar surface area (TPSA) is 23.6 Å². The second kappa shape index (κ2) is 6.74. The van der Waals surface area contributed by atoms with E-state index in [0.717, 1.165) is 18.7 Å². The number of benzene rings is 1. The zero-order chi connectivity index (χ0) is 14.7. The van der Waals surface area contributed by atoms with Crippen molar-refractivity contribution in [3.63, 3.8) is 0 Å². The normalized spacial score (nSPS) is 24.8. The van der Waals surface area contributed by atoms with E-state index in [-0.39, 0.29) is 5.78 Å². The Balaban J connectivity index is 1.97. The van der Waals surface area contributed by atoms with Gasteiger partial charge in [0.25, 0.3) is 0 Å². The summed E-state index contributed by atoms with van der Waals surface area (Å²) in [6.07, 6.45) is 2.05. The fourth-order valence-electron chi connectivity index (χ4n) is 2.71. The number of hydrogen-bond acceptors (Lipinski definition) is 4. The Kier molecular flexibility index (Phi) is 5.24. The number of likely N-dealkylation sites (N-methyl/N-ethyl adjacent to an activating group) is 1. The molecule has 1 fully saturated rings. The highest BCUT2D eigenvalue weighted by Gasteiger charge is 2.27. The van der Waals surface area contributed by atoms with Gasteiger partial charge in [-0.25, -0.2) is 0 Å². The summed E-state index contributed by atoms with van der Waals surface area (Å²) < 4.78 is 0. The highest BCUT2D eigenvalue weighted by atomic mass is 32.2. The van der Waals surface area contributed by atoms with E-state index in [1.54, 1.807) is 11.8 Å². The molecule has 0 radical (unpaired) electrons. The molecular weight excluding hydrogens is 268 g/mol. The maximum absolute atomic E-state index is 12.3. The average molecular weight is 292 g/mol. The molecule has 3 nitrogen and oxygen atoms in total. The summed E-state index contributed by atoms with van der Waals surface area (Å²) in [6, 6.07) is 8.94. The van der Waals surface area contributed by atoms with E-state index in [4.69, 9.17) is 0 Å². The van der Waals surface area contributed by atoms with Crippen molar-refractivity contribution in [2.45, 2.75) is 30.8 Å². The third kappa shape index (κ3) is 3.62. The molecule has 1 aliphatic rings. The molecule has 0 bridgehead atoms. The summed E-state index contributed by atoms with van der Waals surface area (Å²) in [6.45, 7) is 6.91. The van der Waals surface area contributed by atoms with Gasteiger partial charge in [0.2, 0.25) is 0 Å². The standard InChI is InChI=1S/C16H24N2OS/c1-12-9-18(10-13(2)17(12)3)11-16(19)14-5-7-15(20-4)8-6-14/h5-8,12-13H,9-11H2,1-4H3. The summed E-state index contributed by atoms with van der Waals surface area (Å²) in [4.78, 5) is 18.2. The number of carbonyl (C=O) groups excluding carboxylic acids is 1. The predicted octanol–water partition coefficient (Wildman–Crippen LogP) is 2.62. The highest BCUT2D eigenvalue weighted by Crippen LogP contribution is 2.17. The van der Waals surface area contributed by atoms with Gasteiger partial charge in [-0.2, -0.15) is 0 Å². The van der Waals surface area contributed by atoms with Crippen molar-refractivity contribution in [1.29, 1.82) is 0 Å². The lowest BCUT2D eigenvalue weighted by Crippen LogP contribution is -2.55. The molecule has 0 aromatic heterocycles. The first-order chi connectivity index (χ1) is 9.51. The van der Waals surface area contributed by atoms with Crippen LogP contribution in [0.15, 0.2) is 29.2 Å². The lowest BCUT2D eigenvalue weighted by atomic mass is 10.1. The Bertz CT molecular complexity index is 448. The molecule has 1 aromatic carbocycles. The van der Waals surface area contributed by atoms with Crippen molar-refractivity contribution in [2.24, 2.45) is 0 Å². The van der Waals surface area contributed by atoms with E-state index >= 15 is 0 Å². The highest BCUT2D eigenvalue weighted by molar-refractivity contribution is 7.98. The molecular formula is C16H24N2OS. The van der Waals surface area contributed by atoms with Gasteiger partial charge in [0, 0.05) is 35.6 Å². The molecule has 0 spiro atoms. The van der Waals surface area contributed by atoms with Crippen molar-refractivity contribution >= 4 is 17.5 Å². The Morgan fingerprint density at radius 1 is 1.20 bits per heavy atom. The second-order valence-corrected chi connectivity index (χ2v) is 6.59. The van der Waals surface area contributed by atoms with Crippen LogP contribution in [0.4, 0.5) is 0 Å². The number of nitrogens with zero attached hydrogens (tertiary/aromatic N) is 2. The first kappa shape index (κ1) is 15.5. The van der Waals surface area contributed by atoms with Gasteiger partial charge in [0.1, 0.15) is 0 Å². The van der Waals surface area contributed by atoms with Gasteiger partial charge in [0.15, 0.2) is 5.78 Å². The van der Waals surface area contributed by atoms with Crippen LogP contribution in [0.1, 0.15) is 24.2 Å². The summed E-state index contributed by atoms with van der Waals surface area (Å²) >= 11 is 1.70. The molecule has 4 heteroatoms. The van der Waals surface area contributed by atoms with Gasteiger partial charge >= 0.3 is 0 Å². The minimum absolute atomic E-state index is 0.224. The molecule has 0 amide bonds. The fraction of sp³-hybridized carbons (Fsp3) is 0.562. The Morgan fingerprint density at radius 3 is 2.25 bits per heavy atom. The minimum Gasteiger partial charge on any atom is -0.298 e. The van der Waals surface area contributed by atoms with Crippen LogP contribution in [0.2, 0.25) is 0 Å². The van der Waals surface area contributed by atoms with E-state index in [0.29, 0.717) is 18.6 Å². The molecule has 1 saturated heterocycles. The maximum Gasteiger partial charge on any atom is 0.176 e. The van der Waals surface area contributed by atoms with Crippen LogP contribution >= 0.6 is 11.8 Å². The fourth-order valence-corrected chi connectivity index (χ4v) is 3.12. The molecule has 2 unspecified atom stereocenters. The quantitative estimate of drug-likeness (QED) is 0.629. The first-order valence-corrected chi connectivity index (χ1v) is 8.35. The molecule has 1 heterocycles. The second-order valence-electron chi connectivity index (χ2n) is 5.71. The van der Waals surface area contributed by atoms with Crippen LogP contribution in [-0.4, -0.2) is 60.6 Å². The SMILES string of the molecule is CSc1ccc(C(=O)CN2CC(C)N(C)C(C)C2)cc1. The monoisotopic (exact) mass is 292 g/mol. The minimum atomic E-state index is 0.224. The van der Waals surface area contributed by atoms with Gasteiger partial charge in [0.05, 0.1) is 6.54 Å². The Hall–Kier alpha value is -0.840. The molecule has 110 valence electrons. The summed E-state index contributed by atoms with van der Waals surface area (Å²) in [7, 11) is 2.16. The molecule has 1 aliphatic heterocycles. The van der Waals surface area contributed by atoms with Crippen LogP contribution in [-0.2, 0) is 0 Å². The zero-order valence-electron chi connectivity index (χ0n) is 12.8. The summed E-state index contributed by atoms with van der Waals surface area (Å²) in [5, 5.41) is 0. The Morgan fingerprint density at radius 2 is 1.75 bits per heavy atom. The van der Waals surface area contributed by atoms with Gasteiger partial charge in [-0.1, -0.05) is 12.1 Å². The molecule has 0 saturated carbocycles. The zero-order valence-corrected chi connectivity index (χ0v) is 13.6. The predicted molar refractivity (Wildman–Crippen MR) is 85.7 cm³/mol. The average Bonchev–Trinajstić information content (AvgIpc) is 2.44. The number of ketones is 1. The molecule has 2 rings (SSSR count). The smallest absolute Gasteiger partial charge is 0.176 e. The van der Waals surface area contributed by atoms with Crippen molar-refractivity contribution in [1.82, 2.24) is 9.80 Å². The maximum atomic E-state index is 12.3. The van der Waals surface area contributed by atoms with Gasteiger partial charge in [-0.15, -0.1) is 11.8 Å². The van der Waals surface area contributed by atoms with Crippen molar-refractivity contribution in [2.75, 3.05) is 32.9 Å². The van der Waals surface area contributed by atoms with E-state index in [1.165, 1.54) is 4.90 Å². The number of piperazine rings is 1. The van der Waals surface area contributed by atoms with Gasteiger partial charge in [-0.3, -0.25) is 14.6 Å². The van der Waals surface area contributed by atoms with Crippen molar-refractivity contribution < 1.29 is 4.79 Å². The van der Waals surface area contributed by atoms with Crippen molar-refractivity contribution in [3.8, 4) is 0 Å². The van der Waals surface area contributed by atoms with Crippen molar-refractivity contribution in [3.05, 3.63) is 29.8 Å². The molecule has 0 N–H and O–H groups in total. The number of carbonyl (C=O) groups is 1. The first-order valence-electron chi connectivity index (χ1n) is 7.12. The van der Waals surface area contributed by atoms with Gasteiger partial charge in [-0.05, 0) is 39.3 Å². The Labute approximate surface area is 126 Å². The van der Waals surface area contributed by atoms with Crippen LogP contribution < -0.4 is 0 Å². The van der Waals surface area contributed by atoms with Crippen LogP contribution in [0, 0.1) is 0 Å².